The molecule has 5 nitrogen and oxygen atoms in total. The highest BCUT2D eigenvalue weighted by molar-refractivity contribution is 5.09. The minimum Gasteiger partial charge on any atom is -0.465 e. The van der Waals surface area contributed by atoms with E-state index in [1.807, 2.05) is 38.1 Å². The van der Waals surface area contributed by atoms with Gasteiger partial charge in [0.1, 0.15) is 11.5 Å². The number of nitrogens with zero attached hydrogens (tertiary/aromatic N) is 2. The lowest BCUT2D eigenvalue weighted by Crippen LogP contribution is -2.47. The van der Waals surface area contributed by atoms with Crippen molar-refractivity contribution in [3.63, 3.8) is 0 Å². The summed E-state index contributed by atoms with van der Waals surface area (Å²) < 4.78 is 17.8. The Morgan fingerprint density at radius 3 is 2.92 bits per heavy atom. The monoisotopic (exact) mass is 356 g/mol. The summed E-state index contributed by atoms with van der Waals surface area (Å²) in [6.45, 7) is 8.03. The van der Waals surface area contributed by atoms with Gasteiger partial charge in [0, 0.05) is 18.3 Å². The van der Waals surface area contributed by atoms with Gasteiger partial charge >= 0.3 is 0 Å². The molecule has 1 aliphatic heterocycles. The van der Waals surface area contributed by atoms with Gasteiger partial charge in [0.25, 0.3) is 0 Å². The average Bonchev–Trinajstić information content (AvgIpc) is 3.21. The quantitative estimate of drug-likeness (QED) is 0.793. The first kappa shape index (κ1) is 17.7. The first-order chi connectivity index (χ1) is 12.7. The summed E-state index contributed by atoms with van der Waals surface area (Å²) in [5, 5.41) is 0. The third-order valence-corrected chi connectivity index (χ3v) is 5.45. The number of pyridine rings is 1. The first-order valence-corrected chi connectivity index (χ1v) is 9.58. The third-order valence-electron chi connectivity index (χ3n) is 5.45. The Hall–Kier alpha value is -1.69. The fraction of sp³-hybridized carbons (Fsp3) is 0.571. The van der Waals surface area contributed by atoms with Gasteiger partial charge in [-0.05, 0) is 56.9 Å². The van der Waals surface area contributed by atoms with Crippen LogP contribution in [0.1, 0.15) is 35.7 Å². The molecule has 0 aromatic carbocycles. The van der Waals surface area contributed by atoms with Crippen molar-refractivity contribution in [2.75, 3.05) is 19.8 Å². The van der Waals surface area contributed by atoms with Gasteiger partial charge in [-0.2, -0.15) is 0 Å². The normalized spacial score (nSPS) is 26.2. The van der Waals surface area contributed by atoms with Crippen LogP contribution in [0.3, 0.4) is 0 Å². The second kappa shape index (κ2) is 7.91. The van der Waals surface area contributed by atoms with E-state index >= 15 is 0 Å². The minimum absolute atomic E-state index is 0.325. The maximum absolute atomic E-state index is 6.05. The number of ether oxygens (including phenoxy) is 2. The molecule has 3 atom stereocenters. The SMILES string of the molecule is Cc1cccc(COCC2CC3OCCN(Cc4ccc(C)o4)C3C2)n1. The van der Waals surface area contributed by atoms with Gasteiger partial charge in [-0.3, -0.25) is 9.88 Å². The summed E-state index contributed by atoms with van der Waals surface area (Å²) in [7, 11) is 0. The van der Waals surface area contributed by atoms with Crippen molar-refractivity contribution >= 4 is 0 Å². The largest absolute Gasteiger partial charge is 0.465 e. The fourth-order valence-corrected chi connectivity index (χ4v) is 4.24. The summed E-state index contributed by atoms with van der Waals surface area (Å²) in [6.07, 6.45) is 2.54. The third kappa shape index (κ3) is 4.17. The predicted molar refractivity (Wildman–Crippen MR) is 98.7 cm³/mol. The van der Waals surface area contributed by atoms with Gasteiger partial charge in [0.15, 0.2) is 0 Å². The smallest absolute Gasteiger partial charge is 0.118 e. The molecule has 0 radical (unpaired) electrons. The number of hydrogen-bond donors (Lipinski definition) is 0. The van der Waals surface area contributed by atoms with E-state index in [1.165, 1.54) is 0 Å². The van der Waals surface area contributed by atoms with Gasteiger partial charge in [0.05, 0.1) is 38.2 Å². The summed E-state index contributed by atoms with van der Waals surface area (Å²) in [5.74, 6) is 2.58. The Bertz CT molecular complexity index is 730. The molecule has 2 aromatic rings. The molecule has 26 heavy (non-hydrogen) atoms. The number of rotatable bonds is 6. The summed E-state index contributed by atoms with van der Waals surface area (Å²) in [6, 6.07) is 10.7. The van der Waals surface area contributed by atoms with E-state index in [-0.39, 0.29) is 0 Å². The molecule has 2 aromatic heterocycles. The molecule has 1 aliphatic carbocycles. The number of morpholine rings is 1. The van der Waals surface area contributed by atoms with Crippen LogP contribution in [0.5, 0.6) is 0 Å². The van der Waals surface area contributed by atoms with Gasteiger partial charge in [-0.25, -0.2) is 0 Å². The van der Waals surface area contributed by atoms with Crippen LogP contribution in [-0.4, -0.2) is 41.8 Å². The molecule has 1 saturated carbocycles. The lowest BCUT2D eigenvalue weighted by atomic mass is 10.1. The topological polar surface area (TPSA) is 47.7 Å². The molecule has 4 rings (SSSR count). The first-order valence-electron chi connectivity index (χ1n) is 9.58. The summed E-state index contributed by atoms with van der Waals surface area (Å²) >= 11 is 0. The van der Waals surface area contributed by atoms with Crippen molar-refractivity contribution < 1.29 is 13.9 Å². The van der Waals surface area contributed by atoms with Crippen LogP contribution < -0.4 is 0 Å². The minimum atomic E-state index is 0.325. The number of fused-ring (bicyclic) bond motifs is 1. The second-order valence-corrected chi connectivity index (χ2v) is 7.58. The standard InChI is InChI=1S/C21H28N2O3/c1-15-4-3-5-18(22-15)14-24-13-17-10-20-21(11-17)25-9-8-23(20)12-19-7-6-16(2)26-19/h3-7,17,20-21H,8-14H2,1-2H3. The van der Waals surface area contributed by atoms with Crippen LogP contribution in [0.4, 0.5) is 0 Å². The maximum Gasteiger partial charge on any atom is 0.118 e. The van der Waals surface area contributed by atoms with E-state index in [0.29, 0.717) is 24.7 Å². The Labute approximate surface area is 155 Å². The number of aryl methyl sites for hydroxylation is 2. The highest BCUT2D eigenvalue weighted by Crippen LogP contribution is 2.35. The van der Waals surface area contributed by atoms with Crippen LogP contribution in [-0.2, 0) is 22.6 Å². The molecule has 0 spiro atoms. The highest BCUT2D eigenvalue weighted by atomic mass is 16.5. The van der Waals surface area contributed by atoms with E-state index in [2.05, 4.69) is 16.0 Å². The molecule has 0 bridgehead atoms. The number of aromatic nitrogens is 1. The molecule has 3 unspecified atom stereocenters. The van der Waals surface area contributed by atoms with Gasteiger partial charge in [-0.15, -0.1) is 0 Å². The second-order valence-electron chi connectivity index (χ2n) is 7.58. The van der Waals surface area contributed by atoms with Crippen LogP contribution in [0, 0.1) is 19.8 Å². The molecule has 3 heterocycles. The van der Waals surface area contributed by atoms with Crippen molar-refractivity contribution in [1.82, 2.24) is 9.88 Å². The van der Waals surface area contributed by atoms with Crippen LogP contribution >= 0.6 is 0 Å². The number of hydrogen-bond acceptors (Lipinski definition) is 5. The molecule has 2 aliphatic rings. The van der Waals surface area contributed by atoms with Crippen molar-refractivity contribution in [3.05, 3.63) is 53.2 Å². The Kier molecular flexibility index (Phi) is 5.38. The molecule has 0 N–H and O–H groups in total. The number of furan rings is 1. The molecule has 5 heteroatoms. The molecule has 140 valence electrons. The van der Waals surface area contributed by atoms with E-state index < -0.39 is 0 Å². The molecule has 1 saturated heterocycles. The Morgan fingerprint density at radius 2 is 2.12 bits per heavy atom. The van der Waals surface area contributed by atoms with Crippen molar-refractivity contribution in [3.8, 4) is 0 Å². The zero-order valence-electron chi connectivity index (χ0n) is 15.7. The maximum atomic E-state index is 6.05. The molecular weight excluding hydrogens is 328 g/mol. The molecule has 0 amide bonds. The van der Waals surface area contributed by atoms with Crippen LogP contribution in [0.25, 0.3) is 0 Å². The van der Waals surface area contributed by atoms with Crippen molar-refractivity contribution in [1.29, 1.82) is 0 Å². The van der Waals surface area contributed by atoms with E-state index in [4.69, 9.17) is 13.9 Å². The zero-order valence-corrected chi connectivity index (χ0v) is 15.7. The van der Waals surface area contributed by atoms with Crippen LogP contribution in [0.2, 0.25) is 0 Å². The fourth-order valence-electron chi connectivity index (χ4n) is 4.24. The lowest BCUT2D eigenvalue weighted by molar-refractivity contribution is -0.0609. The Morgan fingerprint density at radius 1 is 1.19 bits per heavy atom. The van der Waals surface area contributed by atoms with Gasteiger partial charge in [0.2, 0.25) is 0 Å². The van der Waals surface area contributed by atoms with Crippen LogP contribution in [0.15, 0.2) is 34.7 Å². The molecular formula is C21H28N2O3. The van der Waals surface area contributed by atoms with Crippen molar-refractivity contribution in [2.45, 2.75) is 52.0 Å². The van der Waals surface area contributed by atoms with E-state index in [1.54, 1.807) is 0 Å². The molecule has 2 fully saturated rings. The lowest BCUT2D eigenvalue weighted by Gasteiger charge is -2.37. The zero-order chi connectivity index (χ0) is 17.9. The van der Waals surface area contributed by atoms with Gasteiger partial charge < -0.3 is 13.9 Å². The summed E-state index contributed by atoms with van der Waals surface area (Å²) in [5.41, 5.74) is 2.04. The van der Waals surface area contributed by atoms with E-state index in [0.717, 1.165) is 62.1 Å². The Balaban J connectivity index is 1.29. The average molecular weight is 356 g/mol. The van der Waals surface area contributed by atoms with E-state index in [9.17, 15) is 0 Å². The van der Waals surface area contributed by atoms with Gasteiger partial charge in [-0.1, -0.05) is 6.07 Å². The van der Waals surface area contributed by atoms with Crippen molar-refractivity contribution in [2.24, 2.45) is 5.92 Å². The summed E-state index contributed by atoms with van der Waals surface area (Å²) in [4.78, 5) is 7.02. The highest BCUT2D eigenvalue weighted by Gasteiger charge is 2.41. The predicted octanol–water partition coefficient (Wildman–Crippen LogP) is 3.49.